The maximum Gasteiger partial charge on any atom is 0.234 e. The van der Waals surface area contributed by atoms with Crippen LogP contribution in [-0.2, 0) is 4.79 Å². The molecule has 1 aromatic rings. The Kier molecular flexibility index (Phi) is 4.80. The maximum absolute atomic E-state index is 11.8. The highest BCUT2D eigenvalue weighted by molar-refractivity contribution is 5.78. The summed E-state index contributed by atoms with van der Waals surface area (Å²) < 4.78 is 0. The van der Waals surface area contributed by atoms with Crippen LogP contribution in [0.3, 0.4) is 0 Å². The molecule has 0 aromatic heterocycles. The molecular weight excluding hydrogens is 240 g/mol. The molecule has 0 spiro atoms. The van der Waals surface area contributed by atoms with Crippen molar-refractivity contribution in [2.75, 3.05) is 6.54 Å². The molecule has 1 unspecified atom stereocenters. The summed E-state index contributed by atoms with van der Waals surface area (Å²) in [6.07, 6.45) is 4.88. The molecule has 0 radical (unpaired) electrons. The van der Waals surface area contributed by atoms with Crippen LogP contribution in [0.1, 0.15) is 44.2 Å². The van der Waals surface area contributed by atoms with Crippen molar-refractivity contribution >= 4 is 5.91 Å². The summed E-state index contributed by atoms with van der Waals surface area (Å²) in [5, 5.41) is 15.6. The summed E-state index contributed by atoms with van der Waals surface area (Å²) in [6, 6.07) is 7.39. The monoisotopic (exact) mass is 262 g/mol. The second-order valence-electron chi connectivity index (χ2n) is 5.25. The standard InChI is InChI=1S/C15H22N2O2/c1-11(12-5-4-8-14(18)9-12)17-15(19)10-16-13-6-2-3-7-13/h4-5,8-9,11,13,16,18H,2-3,6-7,10H2,1H3,(H,17,19). The van der Waals surface area contributed by atoms with Crippen LogP contribution in [0.5, 0.6) is 5.75 Å². The average molecular weight is 262 g/mol. The van der Waals surface area contributed by atoms with Gasteiger partial charge in [0, 0.05) is 6.04 Å². The number of aromatic hydroxyl groups is 1. The predicted molar refractivity (Wildman–Crippen MR) is 74.9 cm³/mol. The van der Waals surface area contributed by atoms with Gasteiger partial charge in [-0.1, -0.05) is 25.0 Å². The van der Waals surface area contributed by atoms with E-state index >= 15 is 0 Å². The SMILES string of the molecule is CC(NC(=O)CNC1CCCC1)c1cccc(O)c1. The van der Waals surface area contributed by atoms with Gasteiger partial charge >= 0.3 is 0 Å². The minimum atomic E-state index is -0.0926. The summed E-state index contributed by atoms with van der Waals surface area (Å²) >= 11 is 0. The molecule has 1 aliphatic rings. The van der Waals surface area contributed by atoms with E-state index in [4.69, 9.17) is 0 Å². The van der Waals surface area contributed by atoms with E-state index in [-0.39, 0.29) is 17.7 Å². The van der Waals surface area contributed by atoms with Gasteiger partial charge in [-0.15, -0.1) is 0 Å². The van der Waals surface area contributed by atoms with Crippen LogP contribution in [0.25, 0.3) is 0 Å². The van der Waals surface area contributed by atoms with Crippen molar-refractivity contribution in [2.45, 2.75) is 44.7 Å². The number of phenolic OH excluding ortho intramolecular Hbond substituents is 1. The van der Waals surface area contributed by atoms with Crippen LogP contribution in [0, 0.1) is 0 Å². The number of amides is 1. The second kappa shape index (κ2) is 6.57. The van der Waals surface area contributed by atoms with Crippen molar-refractivity contribution in [2.24, 2.45) is 0 Å². The van der Waals surface area contributed by atoms with Gasteiger partial charge in [0.2, 0.25) is 5.91 Å². The molecule has 4 nitrogen and oxygen atoms in total. The summed E-state index contributed by atoms with van der Waals surface area (Å²) in [4.78, 5) is 11.8. The number of phenols is 1. The van der Waals surface area contributed by atoms with Gasteiger partial charge in [-0.3, -0.25) is 4.79 Å². The zero-order valence-corrected chi connectivity index (χ0v) is 11.4. The average Bonchev–Trinajstić information content (AvgIpc) is 2.89. The van der Waals surface area contributed by atoms with Gasteiger partial charge in [0.1, 0.15) is 5.75 Å². The quantitative estimate of drug-likeness (QED) is 0.761. The van der Waals surface area contributed by atoms with E-state index in [0.29, 0.717) is 12.6 Å². The van der Waals surface area contributed by atoms with E-state index in [2.05, 4.69) is 10.6 Å². The van der Waals surface area contributed by atoms with Gasteiger partial charge in [0.25, 0.3) is 0 Å². The Bertz CT molecular complexity index is 428. The zero-order valence-electron chi connectivity index (χ0n) is 11.4. The molecule has 1 aromatic carbocycles. The van der Waals surface area contributed by atoms with Gasteiger partial charge < -0.3 is 15.7 Å². The van der Waals surface area contributed by atoms with Crippen molar-refractivity contribution < 1.29 is 9.90 Å². The fourth-order valence-corrected chi connectivity index (χ4v) is 2.54. The van der Waals surface area contributed by atoms with Crippen molar-refractivity contribution in [3.05, 3.63) is 29.8 Å². The van der Waals surface area contributed by atoms with Crippen LogP contribution in [-0.4, -0.2) is 23.6 Å². The summed E-state index contributed by atoms with van der Waals surface area (Å²) in [5.41, 5.74) is 0.911. The molecule has 4 heteroatoms. The van der Waals surface area contributed by atoms with Crippen molar-refractivity contribution in [3.63, 3.8) is 0 Å². The van der Waals surface area contributed by atoms with E-state index in [1.54, 1.807) is 18.2 Å². The van der Waals surface area contributed by atoms with Crippen molar-refractivity contribution in [3.8, 4) is 5.75 Å². The highest BCUT2D eigenvalue weighted by Crippen LogP contribution is 2.18. The lowest BCUT2D eigenvalue weighted by Crippen LogP contribution is -2.39. The molecule has 104 valence electrons. The fourth-order valence-electron chi connectivity index (χ4n) is 2.54. The van der Waals surface area contributed by atoms with E-state index in [0.717, 1.165) is 5.56 Å². The summed E-state index contributed by atoms with van der Waals surface area (Å²) in [6.45, 7) is 2.29. The largest absolute Gasteiger partial charge is 0.508 e. The molecule has 0 aliphatic heterocycles. The molecule has 2 rings (SSSR count). The van der Waals surface area contributed by atoms with Gasteiger partial charge in [0.05, 0.1) is 12.6 Å². The van der Waals surface area contributed by atoms with Crippen molar-refractivity contribution in [1.29, 1.82) is 0 Å². The number of nitrogens with one attached hydrogen (secondary N) is 2. The lowest BCUT2D eigenvalue weighted by molar-refractivity contribution is -0.121. The Balaban J connectivity index is 1.77. The Hall–Kier alpha value is -1.55. The van der Waals surface area contributed by atoms with Gasteiger partial charge in [-0.05, 0) is 37.5 Å². The van der Waals surface area contributed by atoms with E-state index in [1.807, 2.05) is 13.0 Å². The molecule has 1 saturated carbocycles. The number of hydrogen-bond acceptors (Lipinski definition) is 3. The molecule has 1 aliphatic carbocycles. The molecule has 1 amide bonds. The molecule has 19 heavy (non-hydrogen) atoms. The molecule has 0 bridgehead atoms. The van der Waals surface area contributed by atoms with E-state index in [1.165, 1.54) is 25.7 Å². The molecule has 3 N–H and O–H groups in total. The third kappa shape index (κ3) is 4.24. The van der Waals surface area contributed by atoms with E-state index < -0.39 is 0 Å². The van der Waals surface area contributed by atoms with Gasteiger partial charge in [-0.2, -0.15) is 0 Å². The van der Waals surface area contributed by atoms with Gasteiger partial charge in [0.15, 0.2) is 0 Å². The van der Waals surface area contributed by atoms with Gasteiger partial charge in [-0.25, -0.2) is 0 Å². The van der Waals surface area contributed by atoms with Crippen LogP contribution >= 0.6 is 0 Å². The Morgan fingerprint density at radius 2 is 2.16 bits per heavy atom. The first kappa shape index (κ1) is 13.9. The minimum absolute atomic E-state index is 0.00254. The van der Waals surface area contributed by atoms with Crippen LogP contribution in [0.15, 0.2) is 24.3 Å². The number of rotatable bonds is 5. The Morgan fingerprint density at radius 1 is 1.42 bits per heavy atom. The number of carbonyl (C=O) groups is 1. The minimum Gasteiger partial charge on any atom is -0.508 e. The zero-order chi connectivity index (χ0) is 13.7. The van der Waals surface area contributed by atoms with Crippen molar-refractivity contribution in [1.82, 2.24) is 10.6 Å². The third-order valence-corrected chi connectivity index (χ3v) is 3.65. The molecule has 0 heterocycles. The van der Waals surface area contributed by atoms with Crippen LogP contribution in [0.4, 0.5) is 0 Å². The normalized spacial score (nSPS) is 17.3. The Labute approximate surface area is 114 Å². The van der Waals surface area contributed by atoms with Crippen LogP contribution < -0.4 is 10.6 Å². The molecule has 1 fully saturated rings. The van der Waals surface area contributed by atoms with E-state index in [9.17, 15) is 9.90 Å². The molecule has 0 saturated heterocycles. The molecule has 1 atom stereocenters. The number of carbonyl (C=O) groups excluding carboxylic acids is 1. The first-order valence-corrected chi connectivity index (χ1v) is 6.97. The second-order valence-corrected chi connectivity index (χ2v) is 5.25. The lowest BCUT2D eigenvalue weighted by Gasteiger charge is -2.16. The smallest absolute Gasteiger partial charge is 0.234 e. The number of benzene rings is 1. The summed E-state index contributed by atoms with van der Waals surface area (Å²) in [7, 11) is 0. The topological polar surface area (TPSA) is 61.4 Å². The lowest BCUT2D eigenvalue weighted by atomic mass is 10.1. The Morgan fingerprint density at radius 3 is 2.84 bits per heavy atom. The fraction of sp³-hybridized carbons (Fsp3) is 0.533. The molecular formula is C15H22N2O2. The highest BCUT2D eigenvalue weighted by atomic mass is 16.3. The van der Waals surface area contributed by atoms with Crippen LogP contribution in [0.2, 0.25) is 0 Å². The highest BCUT2D eigenvalue weighted by Gasteiger charge is 2.16. The summed E-state index contributed by atoms with van der Waals surface area (Å²) in [5.74, 6) is 0.227. The third-order valence-electron chi connectivity index (χ3n) is 3.65. The first-order chi connectivity index (χ1) is 9.15. The first-order valence-electron chi connectivity index (χ1n) is 6.97. The maximum atomic E-state index is 11.8. The predicted octanol–water partition coefficient (Wildman–Crippen LogP) is 2.10. The number of hydrogen-bond donors (Lipinski definition) is 3.